The van der Waals surface area contributed by atoms with Crippen molar-refractivity contribution in [1.29, 1.82) is 5.26 Å². The zero-order chi connectivity index (χ0) is 7.82. The number of primary amides is 1. The van der Waals surface area contributed by atoms with Crippen molar-refractivity contribution in [2.75, 3.05) is 19.6 Å². The van der Waals surface area contributed by atoms with Crippen LogP contribution in [0.5, 0.6) is 0 Å². The molecule has 0 radical (unpaired) electrons. The lowest BCUT2D eigenvalue weighted by molar-refractivity contribution is 0.249. The summed E-state index contributed by atoms with van der Waals surface area (Å²) in [6.07, 6.45) is 0. The molecule has 10 heavy (non-hydrogen) atoms. The maximum absolute atomic E-state index is 10.1. The van der Waals surface area contributed by atoms with Crippen LogP contribution in [0.25, 0.3) is 0 Å². The number of rotatable bonds is 4. The molecule has 0 aromatic rings. The number of urea groups is 1. The molecule has 0 unspecified atom stereocenters. The minimum absolute atomic E-state index is 0.292. The first-order valence-electron chi connectivity index (χ1n) is 2.88. The van der Waals surface area contributed by atoms with Crippen LogP contribution in [-0.4, -0.2) is 25.7 Å². The SMILES string of the molecule is N#CCNCCNC(N)=O. The Labute approximate surface area is 59.2 Å². The van der Waals surface area contributed by atoms with Gasteiger partial charge in [0, 0.05) is 13.1 Å². The number of nitrogens with zero attached hydrogens (tertiary/aromatic N) is 1. The highest BCUT2D eigenvalue weighted by Crippen LogP contribution is 1.57. The third-order valence-corrected chi connectivity index (χ3v) is 0.805. The van der Waals surface area contributed by atoms with Crippen LogP contribution in [0, 0.1) is 11.3 Å². The van der Waals surface area contributed by atoms with E-state index in [1.54, 1.807) is 0 Å². The number of nitrogens with one attached hydrogen (secondary N) is 2. The van der Waals surface area contributed by atoms with Gasteiger partial charge in [0.2, 0.25) is 0 Å². The van der Waals surface area contributed by atoms with Gasteiger partial charge in [0.15, 0.2) is 0 Å². The molecule has 0 saturated heterocycles. The molecule has 56 valence electrons. The third kappa shape index (κ3) is 6.72. The molecule has 0 rings (SSSR count). The summed E-state index contributed by atoms with van der Waals surface area (Å²) in [7, 11) is 0. The van der Waals surface area contributed by atoms with Crippen LogP contribution in [0.1, 0.15) is 0 Å². The van der Waals surface area contributed by atoms with Crippen molar-refractivity contribution in [3.05, 3.63) is 0 Å². The highest BCUT2D eigenvalue weighted by Gasteiger charge is 1.88. The van der Waals surface area contributed by atoms with Gasteiger partial charge >= 0.3 is 6.03 Å². The predicted octanol–water partition coefficient (Wildman–Crippen LogP) is -1.23. The van der Waals surface area contributed by atoms with Crippen LogP contribution < -0.4 is 16.4 Å². The molecular weight excluding hydrogens is 132 g/mol. The molecular formula is C5H10N4O. The summed E-state index contributed by atoms with van der Waals surface area (Å²) < 4.78 is 0. The van der Waals surface area contributed by atoms with Crippen molar-refractivity contribution in [3.8, 4) is 6.07 Å². The van der Waals surface area contributed by atoms with Gasteiger partial charge in [0.05, 0.1) is 12.6 Å². The monoisotopic (exact) mass is 142 g/mol. The Morgan fingerprint density at radius 3 is 2.80 bits per heavy atom. The second-order valence-electron chi connectivity index (χ2n) is 1.63. The lowest BCUT2D eigenvalue weighted by atomic mass is 10.6. The van der Waals surface area contributed by atoms with E-state index < -0.39 is 6.03 Å². The van der Waals surface area contributed by atoms with Crippen LogP contribution in [-0.2, 0) is 0 Å². The van der Waals surface area contributed by atoms with E-state index in [9.17, 15) is 4.79 Å². The summed E-state index contributed by atoms with van der Waals surface area (Å²) in [5.41, 5.74) is 4.76. The van der Waals surface area contributed by atoms with Gasteiger partial charge in [-0.1, -0.05) is 0 Å². The van der Waals surface area contributed by atoms with Gasteiger partial charge in [0.1, 0.15) is 0 Å². The van der Waals surface area contributed by atoms with Crippen molar-refractivity contribution in [2.45, 2.75) is 0 Å². The van der Waals surface area contributed by atoms with Gasteiger partial charge in [-0.05, 0) is 0 Å². The molecule has 0 aliphatic heterocycles. The van der Waals surface area contributed by atoms with Gasteiger partial charge in [-0.25, -0.2) is 4.79 Å². The maximum Gasteiger partial charge on any atom is 0.312 e. The van der Waals surface area contributed by atoms with Crippen molar-refractivity contribution in [3.63, 3.8) is 0 Å². The molecule has 2 amide bonds. The minimum atomic E-state index is -0.543. The number of amides is 2. The highest BCUT2D eigenvalue weighted by atomic mass is 16.2. The van der Waals surface area contributed by atoms with Gasteiger partial charge in [-0.3, -0.25) is 0 Å². The van der Waals surface area contributed by atoms with Crippen molar-refractivity contribution in [1.82, 2.24) is 10.6 Å². The summed E-state index contributed by atoms with van der Waals surface area (Å²) in [6.45, 7) is 1.31. The summed E-state index contributed by atoms with van der Waals surface area (Å²) in [6, 6.07) is 1.36. The maximum atomic E-state index is 10.1. The number of hydrogen-bond donors (Lipinski definition) is 3. The quantitative estimate of drug-likeness (QED) is 0.339. The van der Waals surface area contributed by atoms with E-state index in [0.29, 0.717) is 19.6 Å². The van der Waals surface area contributed by atoms with E-state index >= 15 is 0 Å². The first kappa shape index (κ1) is 8.72. The van der Waals surface area contributed by atoms with Crippen LogP contribution in [0.4, 0.5) is 4.79 Å². The average molecular weight is 142 g/mol. The normalized spacial score (nSPS) is 8.30. The van der Waals surface area contributed by atoms with Gasteiger partial charge < -0.3 is 16.4 Å². The fourth-order valence-corrected chi connectivity index (χ4v) is 0.418. The second kappa shape index (κ2) is 5.85. The van der Waals surface area contributed by atoms with Gasteiger partial charge in [-0.2, -0.15) is 5.26 Å². The first-order valence-corrected chi connectivity index (χ1v) is 2.88. The molecule has 5 heteroatoms. The Balaban J connectivity index is 2.92. The molecule has 0 aliphatic rings. The topological polar surface area (TPSA) is 90.9 Å². The molecule has 0 atom stereocenters. The number of nitriles is 1. The fourth-order valence-electron chi connectivity index (χ4n) is 0.418. The Bertz CT molecular complexity index is 139. The summed E-state index contributed by atoms with van der Waals surface area (Å²) in [4.78, 5) is 10.1. The molecule has 0 aromatic heterocycles. The fraction of sp³-hybridized carbons (Fsp3) is 0.600. The van der Waals surface area contributed by atoms with E-state index in [2.05, 4.69) is 10.6 Å². The van der Waals surface area contributed by atoms with Crippen LogP contribution in [0.15, 0.2) is 0 Å². The molecule has 5 nitrogen and oxygen atoms in total. The molecule has 0 aromatic carbocycles. The van der Waals surface area contributed by atoms with Gasteiger partial charge in [0.25, 0.3) is 0 Å². The van der Waals surface area contributed by atoms with E-state index in [0.717, 1.165) is 0 Å². The number of carbonyl (C=O) groups is 1. The second-order valence-corrected chi connectivity index (χ2v) is 1.63. The van der Waals surface area contributed by atoms with Crippen molar-refractivity contribution < 1.29 is 4.79 Å². The average Bonchev–Trinajstić information content (AvgIpc) is 1.87. The van der Waals surface area contributed by atoms with Crippen LogP contribution >= 0.6 is 0 Å². The molecule has 4 N–H and O–H groups in total. The van der Waals surface area contributed by atoms with Crippen LogP contribution in [0.2, 0.25) is 0 Å². The number of carbonyl (C=O) groups excluding carboxylic acids is 1. The van der Waals surface area contributed by atoms with Crippen molar-refractivity contribution in [2.24, 2.45) is 5.73 Å². The Kier molecular flexibility index (Phi) is 5.10. The number of hydrogen-bond acceptors (Lipinski definition) is 3. The minimum Gasteiger partial charge on any atom is -0.352 e. The zero-order valence-corrected chi connectivity index (χ0v) is 5.55. The summed E-state index contributed by atoms with van der Waals surface area (Å²) in [5, 5.41) is 13.2. The van der Waals surface area contributed by atoms with Crippen molar-refractivity contribution >= 4 is 6.03 Å². The van der Waals surface area contributed by atoms with Gasteiger partial charge in [-0.15, -0.1) is 0 Å². The smallest absolute Gasteiger partial charge is 0.312 e. The molecule has 0 bridgehead atoms. The summed E-state index contributed by atoms with van der Waals surface area (Å²) in [5.74, 6) is 0. The first-order chi connectivity index (χ1) is 4.77. The standard InChI is InChI=1S/C5H10N4O/c6-1-2-8-3-4-9-5(7)10/h8H,2-4H2,(H3,7,9,10). The largest absolute Gasteiger partial charge is 0.352 e. The number of nitrogens with two attached hydrogens (primary N) is 1. The molecule has 0 aliphatic carbocycles. The lowest BCUT2D eigenvalue weighted by Gasteiger charge is -1.99. The predicted molar refractivity (Wildman–Crippen MR) is 36.1 cm³/mol. The van der Waals surface area contributed by atoms with E-state index in [-0.39, 0.29) is 0 Å². The third-order valence-electron chi connectivity index (χ3n) is 0.805. The highest BCUT2D eigenvalue weighted by molar-refractivity contribution is 5.71. The molecule has 0 fully saturated rings. The van der Waals surface area contributed by atoms with Crippen LogP contribution in [0.3, 0.4) is 0 Å². The molecule has 0 saturated carbocycles. The summed E-state index contributed by atoms with van der Waals surface area (Å²) >= 11 is 0. The Morgan fingerprint density at radius 2 is 2.30 bits per heavy atom. The zero-order valence-electron chi connectivity index (χ0n) is 5.55. The lowest BCUT2D eigenvalue weighted by Crippen LogP contribution is -2.35. The Morgan fingerprint density at radius 1 is 1.60 bits per heavy atom. The van der Waals surface area contributed by atoms with E-state index in [4.69, 9.17) is 11.0 Å². The van der Waals surface area contributed by atoms with E-state index in [1.165, 1.54) is 0 Å². The van der Waals surface area contributed by atoms with E-state index in [1.807, 2.05) is 6.07 Å². The Hall–Kier alpha value is -1.28. The molecule has 0 spiro atoms. The molecule has 0 heterocycles.